The van der Waals surface area contributed by atoms with E-state index in [4.69, 9.17) is 4.74 Å². The zero-order valence-electron chi connectivity index (χ0n) is 16.6. The maximum absolute atomic E-state index is 12.3. The van der Waals surface area contributed by atoms with Crippen molar-refractivity contribution in [2.75, 3.05) is 65.6 Å². The van der Waals surface area contributed by atoms with Crippen LogP contribution in [0.4, 0.5) is 0 Å². The van der Waals surface area contributed by atoms with Gasteiger partial charge in [-0.25, -0.2) is 0 Å². The van der Waals surface area contributed by atoms with Gasteiger partial charge in [-0.1, -0.05) is 6.42 Å². The molecular formula is C19H37N5O2. The molecule has 0 atom stereocenters. The highest BCUT2D eigenvalue weighted by atomic mass is 16.5. The molecule has 0 aromatic carbocycles. The first-order valence-corrected chi connectivity index (χ1v) is 10.4. The predicted octanol–water partition coefficient (Wildman–Crippen LogP) is 0.912. The van der Waals surface area contributed by atoms with E-state index in [2.05, 4.69) is 32.3 Å². The molecule has 0 unspecified atom stereocenters. The first-order chi connectivity index (χ1) is 12.7. The molecule has 0 aromatic rings. The molecule has 2 aliphatic rings. The molecule has 2 N–H and O–H groups in total. The number of rotatable bonds is 10. The monoisotopic (exact) mass is 367 g/mol. The standard InChI is InChI=1S/C19H37N5O2/c1-3-20-19(21-9-6-16-26-4-2)22-10-11-23-12-14-24(15-13-23)18(25)17-7-5-8-17/h17H,3-16H2,1-2H3,(H2,20,21,22). The summed E-state index contributed by atoms with van der Waals surface area (Å²) in [6, 6.07) is 0. The second-order valence-electron chi connectivity index (χ2n) is 7.03. The van der Waals surface area contributed by atoms with Gasteiger partial charge < -0.3 is 20.3 Å². The number of hydrogen-bond acceptors (Lipinski definition) is 4. The second kappa shape index (κ2) is 12.1. The Bertz CT molecular complexity index is 432. The Hall–Kier alpha value is -1.34. The normalized spacial score (nSPS) is 19.3. The van der Waals surface area contributed by atoms with Gasteiger partial charge in [0, 0.05) is 71.5 Å². The number of hydrogen-bond donors (Lipinski definition) is 2. The van der Waals surface area contributed by atoms with Crippen molar-refractivity contribution in [2.45, 2.75) is 39.5 Å². The smallest absolute Gasteiger partial charge is 0.225 e. The van der Waals surface area contributed by atoms with Gasteiger partial charge in [-0.2, -0.15) is 0 Å². The van der Waals surface area contributed by atoms with Crippen molar-refractivity contribution >= 4 is 11.9 Å². The fourth-order valence-electron chi connectivity index (χ4n) is 3.28. The first-order valence-electron chi connectivity index (χ1n) is 10.4. The minimum absolute atomic E-state index is 0.324. The van der Waals surface area contributed by atoms with E-state index in [0.29, 0.717) is 11.8 Å². The second-order valence-corrected chi connectivity index (χ2v) is 7.03. The Morgan fingerprint density at radius 1 is 1.15 bits per heavy atom. The molecule has 26 heavy (non-hydrogen) atoms. The molecule has 0 radical (unpaired) electrons. The molecule has 2 fully saturated rings. The fourth-order valence-corrected chi connectivity index (χ4v) is 3.28. The maximum Gasteiger partial charge on any atom is 0.225 e. The summed E-state index contributed by atoms with van der Waals surface area (Å²) in [6.45, 7) is 12.8. The van der Waals surface area contributed by atoms with Crippen LogP contribution in [0.5, 0.6) is 0 Å². The molecule has 1 aliphatic heterocycles. The number of nitrogens with zero attached hydrogens (tertiary/aromatic N) is 3. The lowest BCUT2D eigenvalue weighted by Crippen LogP contribution is -2.52. The Kier molecular flexibility index (Phi) is 9.77. The van der Waals surface area contributed by atoms with E-state index >= 15 is 0 Å². The molecule has 1 aliphatic carbocycles. The summed E-state index contributed by atoms with van der Waals surface area (Å²) in [5.41, 5.74) is 0. The third-order valence-corrected chi connectivity index (χ3v) is 5.12. The van der Waals surface area contributed by atoms with Crippen molar-refractivity contribution in [1.29, 1.82) is 0 Å². The number of amides is 1. The summed E-state index contributed by atoms with van der Waals surface area (Å²) in [4.78, 5) is 21.4. The van der Waals surface area contributed by atoms with Crippen molar-refractivity contribution in [2.24, 2.45) is 10.9 Å². The van der Waals surface area contributed by atoms with Gasteiger partial charge in [-0.3, -0.25) is 14.7 Å². The minimum Gasteiger partial charge on any atom is -0.382 e. The maximum atomic E-state index is 12.3. The van der Waals surface area contributed by atoms with E-state index in [0.717, 1.165) is 90.8 Å². The van der Waals surface area contributed by atoms with Gasteiger partial charge in [0.1, 0.15) is 0 Å². The number of aliphatic imine (C=N–C) groups is 1. The number of ether oxygens (including phenoxy) is 1. The summed E-state index contributed by atoms with van der Waals surface area (Å²) in [5.74, 6) is 1.59. The average molecular weight is 368 g/mol. The minimum atomic E-state index is 0.324. The van der Waals surface area contributed by atoms with Crippen LogP contribution in [-0.2, 0) is 9.53 Å². The van der Waals surface area contributed by atoms with Crippen LogP contribution in [0.25, 0.3) is 0 Å². The third-order valence-electron chi connectivity index (χ3n) is 5.12. The Morgan fingerprint density at radius 3 is 2.54 bits per heavy atom. The molecule has 0 spiro atoms. The fraction of sp³-hybridized carbons (Fsp3) is 0.895. The van der Waals surface area contributed by atoms with Gasteiger partial charge in [0.05, 0.1) is 0 Å². The summed E-state index contributed by atoms with van der Waals surface area (Å²) >= 11 is 0. The Morgan fingerprint density at radius 2 is 1.92 bits per heavy atom. The summed E-state index contributed by atoms with van der Waals surface area (Å²) < 4.78 is 5.34. The zero-order valence-corrected chi connectivity index (χ0v) is 16.6. The van der Waals surface area contributed by atoms with Crippen molar-refractivity contribution in [3.63, 3.8) is 0 Å². The Balaban J connectivity index is 1.60. The SMILES string of the molecule is CCNC(=NCCCOCC)NCCN1CCN(C(=O)C2CCC2)CC1. The van der Waals surface area contributed by atoms with Crippen molar-refractivity contribution < 1.29 is 9.53 Å². The van der Waals surface area contributed by atoms with Gasteiger partial charge in [-0.15, -0.1) is 0 Å². The quantitative estimate of drug-likeness (QED) is 0.341. The van der Waals surface area contributed by atoms with E-state index < -0.39 is 0 Å². The van der Waals surface area contributed by atoms with E-state index in [1.165, 1.54) is 6.42 Å². The van der Waals surface area contributed by atoms with Crippen LogP contribution in [-0.4, -0.2) is 87.2 Å². The molecule has 0 aromatic heterocycles. The predicted molar refractivity (Wildman–Crippen MR) is 105 cm³/mol. The van der Waals surface area contributed by atoms with Crippen LogP contribution in [0.15, 0.2) is 4.99 Å². The average Bonchev–Trinajstić information content (AvgIpc) is 2.60. The van der Waals surface area contributed by atoms with Crippen molar-refractivity contribution in [3.05, 3.63) is 0 Å². The first kappa shape index (κ1) is 21.0. The molecule has 1 heterocycles. The van der Waals surface area contributed by atoms with Gasteiger partial charge in [-0.05, 0) is 33.1 Å². The van der Waals surface area contributed by atoms with E-state index in [-0.39, 0.29) is 0 Å². The molecule has 1 saturated carbocycles. The van der Waals surface area contributed by atoms with E-state index in [9.17, 15) is 4.79 Å². The van der Waals surface area contributed by atoms with Crippen LogP contribution < -0.4 is 10.6 Å². The van der Waals surface area contributed by atoms with Crippen LogP contribution in [0, 0.1) is 5.92 Å². The van der Waals surface area contributed by atoms with Gasteiger partial charge in [0.25, 0.3) is 0 Å². The number of nitrogens with one attached hydrogen (secondary N) is 2. The van der Waals surface area contributed by atoms with Gasteiger partial charge in [0.2, 0.25) is 5.91 Å². The lowest BCUT2D eigenvalue weighted by molar-refractivity contribution is -0.139. The highest BCUT2D eigenvalue weighted by molar-refractivity contribution is 5.80. The highest BCUT2D eigenvalue weighted by Gasteiger charge is 2.30. The largest absolute Gasteiger partial charge is 0.382 e. The topological polar surface area (TPSA) is 69.2 Å². The highest BCUT2D eigenvalue weighted by Crippen LogP contribution is 2.28. The third kappa shape index (κ3) is 7.11. The summed E-state index contributed by atoms with van der Waals surface area (Å²) in [7, 11) is 0. The number of carbonyl (C=O) groups excluding carboxylic acids is 1. The van der Waals surface area contributed by atoms with Crippen LogP contribution >= 0.6 is 0 Å². The van der Waals surface area contributed by atoms with Crippen LogP contribution in [0.2, 0.25) is 0 Å². The number of guanidine groups is 1. The van der Waals surface area contributed by atoms with Gasteiger partial charge in [0.15, 0.2) is 5.96 Å². The van der Waals surface area contributed by atoms with Crippen LogP contribution in [0.1, 0.15) is 39.5 Å². The summed E-state index contributed by atoms with van der Waals surface area (Å²) in [5, 5.41) is 6.69. The van der Waals surface area contributed by atoms with Crippen LogP contribution in [0.3, 0.4) is 0 Å². The van der Waals surface area contributed by atoms with Crippen molar-refractivity contribution in [1.82, 2.24) is 20.4 Å². The van der Waals surface area contributed by atoms with E-state index in [1.54, 1.807) is 0 Å². The lowest BCUT2D eigenvalue weighted by atomic mass is 9.84. The molecule has 7 nitrogen and oxygen atoms in total. The molecule has 1 amide bonds. The molecule has 7 heteroatoms. The molecule has 150 valence electrons. The molecular weight excluding hydrogens is 330 g/mol. The molecule has 1 saturated heterocycles. The number of carbonyl (C=O) groups is 1. The zero-order chi connectivity index (χ0) is 18.6. The molecule has 2 rings (SSSR count). The van der Waals surface area contributed by atoms with E-state index in [1.807, 2.05) is 6.92 Å². The van der Waals surface area contributed by atoms with Crippen molar-refractivity contribution in [3.8, 4) is 0 Å². The Labute approximate surface area is 158 Å². The molecule has 0 bridgehead atoms. The van der Waals surface area contributed by atoms with Gasteiger partial charge >= 0.3 is 0 Å². The lowest BCUT2D eigenvalue weighted by Gasteiger charge is -2.38. The summed E-state index contributed by atoms with van der Waals surface area (Å²) in [6.07, 6.45) is 4.37. The number of piperazine rings is 1.